The maximum atomic E-state index is 12.0. The highest BCUT2D eigenvalue weighted by molar-refractivity contribution is 9.10. The Balaban J connectivity index is 2.15. The molecular weight excluding hydrogens is 302 g/mol. The van der Waals surface area contributed by atoms with Crippen LogP contribution in [0.4, 0.5) is 0 Å². The van der Waals surface area contributed by atoms with Crippen LogP contribution in [0.25, 0.3) is 0 Å². The third kappa shape index (κ3) is 2.54. The molecule has 1 heterocycles. The van der Waals surface area contributed by atoms with E-state index >= 15 is 0 Å². The Kier molecular flexibility index (Phi) is 3.68. The van der Waals surface area contributed by atoms with Crippen molar-refractivity contribution >= 4 is 27.8 Å². The van der Waals surface area contributed by atoms with Crippen LogP contribution in [-0.2, 0) is 9.53 Å². The van der Waals surface area contributed by atoms with E-state index < -0.39 is 17.4 Å². The zero-order valence-corrected chi connectivity index (χ0v) is 11.1. The Hall–Kier alpha value is -1.40. The van der Waals surface area contributed by atoms with Crippen molar-refractivity contribution in [2.24, 2.45) is 0 Å². The van der Waals surface area contributed by atoms with Gasteiger partial charge in [-0.05, 0) is 24.3 Å². The molecule has 1 aromatic carbocycles. The number of benzene rings is 1. The molecular formula is C12H12BrNO4. The summed E-state index contributed by atoms with van der Waals surface area (Å²) in [6.07, 6.45) is 0.282. The van der Waals surface area contributed by atoms with Crippen LogP contribution in [0.2, 0.25) is 0 Å². The summed E-state index contributed by atoms with van der Waals surface area (Å²) < 4.78 is 5.93. The first-order chi connectivity index (χ1) is 8.53. The molecule has 1 saturated heterocycles. The summed E-state index contributed by atoms with van der Waals surface area (Å²) in [4.78, 5) is 23.2. The average Bonchev–Trinajstić information content (AvgIpc) is 2.79. The molecule has 0 radical (unpaired) electrons. The molecule has 1 aliphatic heterocycles. The van der Waals surface area contributed by atoms with Gasteiger partial charge in [-0.1, -0.05) is 15.9 Å². The predicted molar refractivity (Wildman–Crippen MR) is 67.4 cm³/mol. The van der Waals surface area contributed by atoms with Gasteiger partial charge in [0.25, 0.3) is 5.91 Å². The standard InChI is InChI=1S/C12H12BrNO4/c13-9-3-1-8(2-4-9)10(15)14-12(11(16)17)5-6-18-7-12/h1-4H,5-7H2,(H,14,15)(H,16,17). The van der Waals surface area contributed by atoms with E-state index in [1.165, 1.54) is 0 Å². The monoisotopic (exact) mass is 313 g/mol. The molecule has 2 N–H and O–H groups in total. The molecule has 2 rings (SSSR count). The highest BCUT2D eigenvalue weighted by Gasteiger charge is 2.44. The molecule has 1 unspecified atom stereocenters. The highest BCUT2D eigenvalue weighted by atomic mass is 79.9. The zero-order valence-electron chi connectivity index (χ0n) is 9.48. The predicted octanol–water partition coefficient (Wildman–Crippen LogP) is 1.42. The van der Waals surface area contributed by atoms with Gasteiger partial charge in [-0.3, -0.25) is 4.79 Å². The van der Waals surface area contributed by atoms with Crippen LogP contribution in [0.5, 0.6) is 0 Å². The van der Waals surface area contributed by atoms with Gasteiger partial charge in [-0.15, -0.1) is 0 Å². The zero-order chi connectivity index (χ0) is 13.2. The Morgan fingerprint density at radius 2 is 2.00 bits per heavy atom. The van der Waals surface area contributed by atoms with Gasteiger partial charge in [0, 0.05) is 23.1 Å². The Labute approximate surface area is 112 Å². The lowest BCUT2D eigenvalue weighted by Gasteiger charge is -2.23. The lowest BCUT2D eigenvalue weighted by Crippen LogP contribution is -2.55. The summed E-state index contributed by atoms with van der Waals surface area (Å²) in [5, 5.41) is 11.8. The minimum absolute atomic E-state index is 0.00456. The molecule has 0 bridgehead atoms. The van der Waals surface area contributed by atoms with Crippen molar-refractivity contribution in [2.75, 3.05) is 13.2 Å². The minimum atomic E-state index is -1.30. The van der Waals surface area contributed by atoms with E-state index in [1.54, 1.807) is 24.3 Å². The third-order valence-corrected chi connectivity index (χ3v) is 3.42. The Bertz CT molecular complexity index is 465. The molecule has 96 valence electrons. The van der Waals surface area contributed by atoms with E-state index in [1.807, 2.05) is 0 Å². The smallest absolute Gasteiger partial charge is 0.331 e. The summed E-state index contributed by atoms with van der Waals surface area (Å²) in [7, 11) is 0. The minimum Gasteiger partial charge on any atom is -0.479 e. The second kappa shape index (κ2) is 5.07. The molecule has 0 spiro atoms. The summed E-state index contributed by atoms with van der Waals surface area (Å²) in [5.74, 6) is -1.47. The lowest BCUT2D eigenvalue weighted by molar-refractivity contribution is -0.144. The SMILES string of the molecule is O=C(NC1(C(=O)O)CCOC1)c1ccc(Br)cc1. The third-order valence-electron chi connectivity index (χ3n) is 2.89. The van der Waals surface area contributed by atoms with Crippen LogP contribution >= 0.6 is 15.9 Å². The van der Waals surface area contributed by atoms with Gasteiger partial charge >= 0.3 is 5.97 Å². The van der Waals surface area contributed by atoms with Gasteiger partial charge in [-0.25, -0.2) is 4.79 Å². The second-order valence-electron chi connectivity index (χ2n) is 4.15. The quantitative estimate of drug-likeness (QED) is 0.885. The highest BCUT2D eigenvalue weighted by Crippen LogP contribution is 2.20. The Morgan fingerprint density at radius 3 is 2.50 bits per heavy atom. The molecule has 1 amide bonds. The van der Waals surface area contributed by atoms with E-state index in [0.29, 0.717) is 12.2 Å². The van der Waals surface area contributed by atoms with Gasteiger partial charge in [0.1, 0.15) is 0 Å². The van der Waals surface area contributed by atoms with Crippen molar-refractivity contribution in [3.63, 3.8) is 0 Å². The normalized spacial score (nSPS) is 22.7. The van der Waals surface area contributed by atoms with E-state index in [9.17, 15) is 14.7 Å². The van der Waals surface area contributed by atoms with Gasteiger partial charge in [0.15, 0.2) is 5.54 Å². The number of hydrogen-bond acceptors (Lipinski definition) is 3. The molecule has 18 heavy (non-hydrogen) atoms. The number of carbonyl (C=O) groups is 2. The van der Waals surface area contributed by atoms with Crippen LogP contribution in [-0.4, -0.2) is 35.7 Å². The van der Waals surface area contributed by atoms with Crippen molar-refractivity contribution in [3.05, 3.63) is 34.3 Å². The average molecular weight is 314 g/mol. The first kappa shape index (κ1) is 13.0. The summed E-state index contributed by atoms with van der Waals surface area (Å²) in [5.41, 5.74) is -0.879. The Morgan fingerprint density at radius 1 is 1.33 bits per heavy atom. The number of rotatable bonds is 3. The van der Waals surface area contributed by atoms with Gasteiger partial charge in [0.2, 0.25) is 0 Å². The summed E-state index contributed by atoms with van der Waals surface area (Å²) >= 11 is 3.27. The van der Waals surface area contributed by atoms with Crippen LogP contribution < -0.4 is 5.32 Å². The molecule has 6 heteroatoms. The van der Waals surface area contributed by atoms with Crippen LogP contribution in [0.3, 0.4) is 0 Å². The fourth-order valence-corrected chi connectivity index (χ4v) is 2.04. The lowest BCUT2D eigenvalue weighted by atomic mass is 9.98. The second-order valence-corrected chi connectivity index (χ2v) is 5.07. The number of amides is 1. The van der Waals surface area contributed by atoms with E-state index in [4.69, 9.17) is 4.74 Å². The molecule has 5 nitrogen and oxygen atoms in total. The molecule has 1 atom stereocenters. The fraction of sp³-hybridized carbons (Fsp3) is 0.333. The number of aliphatic carboxylic acids is 1. The summed E-state index contributed by atoms with van der Waals surface area (Å²) in [6.45, 7) is 0.345. The maximum absolute atomic E-state index is 12.0. The van der Waals surface area contributed by atoms with Crippen LogP contribution in [0.15, 0.2) is 28.7 Å². The van der Waals surface area contributed by atoms with Gasteiger partial charge in [-0.2, -0.15) is 0 Å². The molecule has 0 aliphatic carbocycles. The van der Waals surface area contributed by atoms with E-state index in [0.717, 1.165) is 4.47 Å². The van der Waals surface area contributed by atoms with Gasteiger partial charge in [0.05, 0.1) is 6.61 Å². The van der Waals surface area contributed by atoms with Crippen LogP contribution in [0, 0.1) is 0 Å². The number of halogens is 1. The number of carboxylic acids is 1. The van der Waals surface area contributed by atoms with E-state index in [2.05, 4.69) is 21.2 Å². The van der Waals surface area contributed by atoms with Gasteiger partial charge < -0.3 is 15.2 Å². The molecule has 0 saturated carbocycles. The van der Waals surface area contributed by atoms with Crippen molar-refractivity contribution in [2.45, 2.75) is 12.0 Å². The molecule has 1 aliphatic rings. The number of nitrogens with one attached hydrogen (secondary N) is 1. The van der Waals surface area contributed by atoms with Crippen molar-refractivity contribution in [3.8, 4) is 0 Å². The molecule has 1 fully saturated rings. The number of ether oxygens (including phenoxy) is 1. The van der Waals surface area contributed by atoms with Crippen molar-refractivity contribution in [1.82, 2.24) is 5.32 Å². The molecule has 1 aromatic rings. The summed E-state index contributed by atoms with van der Waals surface area (Å²) in [6, 6.07) is 6.72. The molecule has 0 aromatic heterocycles. The largest absolute Gasteiger partial charge is 0.479 e. The van der Waals surface area contributed by atoms with Crippen molar-refractivity contribution in [1.29, 1.82) is 0 Å². The van der Waals surface area contributed by atoms with E-state index in [-0.39, 0.29) is 13.0 Å². The first-order valence-electron chi connectivity index (χ1n) is 5.43. The van der Waals surface area contributed by atoms with Crippen LogP contribution in [0.1, 0.15) is 16.8 Å². The van der Waals surface area contributed by atoms with Crippen molar-refractivity contribution < 1.29 is 19.4 Å². The maximum Gasteiger partial charge on any atom is 0.331 e. The topological polar surface area (TPSA) is 75.6 Å². The first-order valence-corrected chi connectivity index (χ1v) is 6.22. The number of carbonyl (C=O) groups excluding carboxylic acids is 1. The fourth-order valence-electron chi connectivity index (χ4n) is 1.78. The number of carboxylic acid groups (broad SMARTS) is 1. The number of hydrogen-bond donors (Lipinski definition) is 2.